The molecule has 1 aromatic rings. The Kier molecular flexibility index (Phi) is 3.72. The summed E-state index contributed by atoms with van der Waals surface area (Å²) in [4.78, 5) is 11.4. The lowest BCUT2D eigenvalue weighted by molar-refractivity contribution is -0.146. The molecule has 0 radical (unpaired) electrons. The summed E-state index contributed by atoms with van der Waals surface area (Å²) in [5, 5.41) is 12.4. The van der Waals surface area contributed by atoms with Crippen LogP contribution in [0, 0.1) is 0 Å². The Hall–Kier alpha value is -1.75. The van der Waals surface area contributed by atoms with Crippen molar-refractivity contribution >= 4 is 11.7 Å². The zero-order valence-electron chi connectivity index (χ0n) is 10.3. The molecule has 1 fully saturated rings. The van der Waals surface area contributed by atoms with Crippen LogP contribution < -0.4 is 10.1 Å². The van der Waals surface area contributed by atoms with Crippen LogP contribution in [-0.2, 0) is 9.53 Å². The molecule has 5 nitrogen and oxygen atoms in total. The fourth-order valence-electron chi connectivity index (χ4n) is 2.07. The van der Waals surface area contributed by atoms with Gasteiger partial charge in [-0.2, -0.15) is 0 Å². The Balaban J connectivity index is 2.15. The van der Waals surface area contributed by atoms with Crippen LogP contribution in [0.15, 0.2) is 24.3 Å². The molecule has 1 unspecified atom stereocenters. The number of carboxylic acids is 1. The number of methoxy groups -OCH3 is 1. The second-order valence-electron chi connectivity index (χ2n) is 4.40. The first kappa shape index (κ1) is 12.7. The van der Waals surface area contributed by atoms with Crippen molar-refractivity contribution in [3.05, 3.63) is 24.3 Å². The van der Waals surface area contributed by atoms with E-state index in [0.717, 1.165) is 17.9 Å². The first-order valence-corrected chi connectivity index (χ1v) is 5.90. The number of hydrogen-bond donors (Lipinski definition) is 2. The largest absolute Gasteiger partial charge is 0.497 e. The molecule has 1 heterocycles. The predicted octanol–water partition coefficient (Wildman–Crippen LogP) is 1.74. The van der Waals surface area contributed by atoms with Crippen LogP contribution in [0.25, 0.3) is 0 Å². The van der Waals surface area contributed by atoms with E-state index in [0.29, 0.717) is 13.0 Å². The van der Waals surface area contributed by atoms with E-state index in [9.17, 15) is 9.90 Å². The molecule has 2 N–H and O–H groups in total. The minimum atomic E-state index is -1.02. The van der Waals surface area contributed by atoms with Crippen molar-refractivity contribution in [2.24, 2.45) is 0 Å². The van der Waals surface area contributed by atoms with Crippen LogP contribution >= 0.6 is 0 Å². The molecular formula is C13H17NO4. The van der Waals surface area contributed by atoms with Gasteiger partial charge in [-0.25, -0.2) is 4.79 Å². The Labute approximate surface area is 106 Å². The van der Waals surface area contributed by atoms with Crippen LogP contribution in [0.4, 0.5) is 5.69 Å². The van der Waals surface area contributed by atoms with E-state index in [1.165, 1.54) is 0 Å². The molecule has 98 valence electrons. The lowest BCUT2D eigenvalue weighted by Crippen LogP contribution is -2.52. The van der Waals surface area contributed by atoms with Crippen LogP contribution in [0.3, 0.4) is 0 Å². The maximum atomic E-state index is 11.4. The van der Waals surface area contributed by atoms with Gasteiger partial charge in [0, 0.05) is 12.3 Å². The van der Waals surface area contributed by atoms with Gasteiger partial charge in [-0.05, 0) is 37.1 Å². The zero-order valence-corrected chi connectivity index (χ0v) is 10.3. The van der Waals surface area contributed by atoms with Gasteiger partial charge in [-0.1, -0.05) is 0 Å². The standard InChI is InChI=1S/C13H17NO4/c1-17-11-5-3-10(4-6-11)14-13(12(15)16)7-2-8-18-9-13/h3-6,14H,2,7-9H2,1H3,(H,15,16). The van der Waals surface area contributed by atoms with Crippen LogP contribution in [0.5, 0.6) is 5.75 Å². The summed E-state index contributed by atoms with van der Waals surface area (Å²) < 4.78 is 10.4. The molecule has 0 amide bonds. The second-order valence-corrected chi connectivity index (χ2v) is 4.40. The zero-order chi connectivity index (χ0) is 13.0. The van der Waals surface area contributed by atoms with E-state index < -0.39 is 11.5 Å². The Bertz CT molecular complexity index is 410. The molecule has 5 heteroatoms. The van der Waals surface area contributed by atoms with E-state index in [2.05, 4.69) is 5.32 Å². The van der Waals surface area contributed by atoms with Crippen molar-refractivity contribution in [3.8, 4) is 5.75 Å². The van der Waals surface area contributed by atoms with Gasteiger partial charge in [0.25, 0.3) is 0 Å². The van der Waals surface area contributed by atoms with Crippen molar-refractivity contribution in [2.75, 3.05) is 25.6 Å². The fourth-order valence-corrected chi connectivity index (χ4v) is 2.07. The van der Waals surface area contributed by atoms with Crippen LogP contribution in [0.1, 0.15) is 12.8 Å². The highest BCUT2D eigenvalue weighted by atomic mass is 16.5. The van der Waals surface area contributed by atoms with E-state index in [4.69, 9.17) is 9.47 Å². The van der Waals surface area contributed by atoms with E-state index in [1.54, 1.807) is 31.4 Å². The molecule has 1 atom stereocenters. The maximum absolute atomic E-state index is 11.4. The Morgan fingerprint density at radius 2 is 2.17 bits per heavy atom. The van der Waals surface area contributed by atoms with E-state index in [-0.39, 0.29) is 6.61 Å². The lowest BCUT2D eigenvalue weighted by atomic mass is 9.92. The molecule has 0 saturated carbocycles. The Morgan fingerprint density at radius 1 is 1.44 bits per heavy atom. The quantitative estimate of drug-likeness (QED) is 0.853. The summed E-state index contributed by atoms with van der Waals surface area (Å²) in [5.41, 5.74) is -0.268. The third kappa shape index (κ3) is 2.56. The number of carboxylic acid groups (broad SMARTS) is 1. The first-order chi connectivity index (χ1) is 8.66. The topological polar surface area (TPSA) is 67.8 Å². The number of ether oxygens (including phenoxy) is 2. The minimum Gasteiger partial charge on any atom is -0.497 e. The van der Waals surface area contributed by atoms with Gasteiger partial charge in [-0.15, -0.1) is 0 Å². The van der Waals surface area contributed by atoms with Crippen LogP contribution in [0.2, 0.25) is 0 Å². The highest BCUT2D eigenvalue weighted by molar-refractivity contribution is 5.83. The normalized spacial score (nSPS) is 23.4. The lowest BCUT2D eigenvalue weighted by Gasteiger charge is -2.34. The van der Waals surface area contributed by atoms with Gasteiger partial charge in [0.05, 0.1) is 13.7 Å². The average molecular weight is 251 g/mol. The molecule has 0 bridgehead atoms. The number of benzene rings is 1. The highest BCUT2D eigenvalue weighted by Gasteiger charge is 2.40. The molecule has 0 aliphatic carbocycles. The number of hydrogen-bond acceptors (Lipinski definition) is 4. The predicted molar refractivity (Wildman–Crippen MR) is 67.0 cm³/mol. The maximum Gasteiger partial charge on any atom is 0.331 e. The molecule has 1 saturated heterocycles. The van der Waals surface area contributed by atoms with E-state index in [1.807, 2.05) is 0 Å². The van der Waals surface area contributed by atoms with Crippen molar-refractivity contribution in [1.82, 2.24) is 0 Å². The Morgan fingerprint density at radius 3 is 2.67 bits per heavy atom. The van der Waals surface area contributed by atoms with Gasteiger partial charge in [0.2, 0.25) is 0 Å². The van der Waals surface area contributed by atoms with Crippen LogP contribution in [-0.4, -0.2) is 36.9 Å². The summed E-state index contributed by atoms with van der Waals surface area (Å²) in [5.74, 6) is -0.136. The summed E-state index contributed by atoms with van der Waals surface area (Å²) in [6.45, 7) is 0.813. The van der Waals surface area contributed by atoms with Gasteiger partial charge >= 0.3 is 5.97 Å². The monoisotopic (exact) mass is 251 g/mol. The molecule has 0 aromatic heterocycles. The number of nitrogens with one attached hydrogen (secondary N) is 1. The van der Waals surface area contributed by atoms with Gasteiger partial charge < -0.3 is 19.9 Å². The average Bonchev–Trinajstić information content (AvgIpc) is 2.40. The molecule has 1 aliphatic rings. The smallest absolute Gasteiger partial charge is 0.331 e. The summed E-state index contributed by atoms with van der Waals surface area (Å²) in [6, 6.07) is 7.19. The number of rotatable bonds is 4. The third-order valence-corrected chi connectivity index (χ3v) is 3.12. The molecule has 1 aromatic carbocycles. The van der Waals surface area contributed by atoms with E-state index >= 15 is 0 Å². The second kappa shape index (κ2) is 5.27. The fraction of sp³-hybridized carbons (Fsp3) is 0.462. The van der Waals surface area contributed by atoms with Gasteiger partial charge in [-0.3, -0.25) is 0 Å². The van der Waals surface area contributed by atoms with Crippen molar-refractivity contribution in [1.29, 1.82) is 0 Å². The molecular weight excluding hydrogens is 234 g/mol. The molecule has 18 heavy (non-hydrogen) atoms. The van der Waals surface area contributed by atoms with Gasteiger partial charge in [0.1, 0.15) is 5.75 Å². The summed E-state index contributed by atoms with van der Waals surface area (Å²) in [6.07, 6.45) is 1.31. The summed E-state index contributed by atoms with van der Waals surface area (Å²) in [7, 11) is 1.59. The highest BCUT2D eigenvalue weighted by Crippen LogP contribution is 2.26. The number of anilines is 1. The molecule has 1 aliphatic heterocycles. The number of aliphatic carboxylic acids is 1. The molecule has 0 spiro atoms. The minimum absolute atomic E-state index is 0.189. The van der Waals surface area contributed by atoms with Crippen molar-refractivity contribution in [2.45, 2.75) is 18.4 Å². The summed E-state index contributed by atoms with van der Waals surface area (Å²) >= 11 is 0. The van der Waals surface area contributed by atoms with Crippen molar-refractivity contribution in [3.63, 3.8) is 0 Å². The van der Waals surface area contributed by atoms with Crippen molar-refractivity contribution < 1.29 is 19.4 Å². The molecule has 2 rings (SSSR count). The first-order valence-electron chi connectivity index (χ1n) is 5.90. The van der Waals surface area contributed by atoms with Gasteiger partial charge in [0.15, 0.2) is 5.54 Å². The SMILES string of the molecule is COc1ccc(NC2(C(=O)O)CCCOC2)cc1. The third-order valence-electron chi connectivity index (χ3n) is 3.12. The number of carbonyl (C=O) groups is 1.